The second kappa shape index (κ2) is 7.33. The van der Waals surface area contributed by atoms with Crippen LogP contribution in [0, 0.1) is 18.3 Å². The third kappa shape index (κ3) is 5.56. The predicted molar refractivity (Wildman–Crippen MR) is 65.8 cm³/mol. The summed E-state index contributed by atoms with van der Waals surface area (Å²) in [6, 6.07) is 4.02. The van der Waals surface area contributed by atoms with Crippen molar-refractivity contribution >= 4 is 11.8 Å². The Balaban J connectivity index is 0.000000441. The highest BCUT2D eigenvalue weighted by atomic mass is 19.4. The molecule has 0 spiro atoms. The van der Waals surface area contributed by atoms with E-state index in [9.17, 15) is 13.2 Å². The molecule has 1 aromatic rings. The fraction of sp³-hybridized carbons (Fsp3) is 0.417. The Morgan fingerprint density at radius 1 is 1.55 bits per heavy atom. The number of carbonyl (C=O) groups is 1. The van der Waals surface area contributed by atoms with Crippen LogP contribution < -0.4 is 5.73 Å². The van der Waals surface area contributed by atoms with Gasteiger partial charge in [0.25, 0.3) is 0 Å². The molecule has 20 heavy (non-hydrogen) atoms. The van der Waals surface area contributed by atoms with Crippen LogP contribution >= 0.6 is 0 Å². The largest absolute Gasteiger partial charge is 0.490 e. The first-order valence-corrected chi connectivity index (χ1v) is 5.59. The van der Waals surface area contributed by atoms with Gasteiger partial charge in [-0.15, -0.1) is 0 Å². The monoisotopic (exact) mass is 289 g/mol. The van der Waals surface area contributed by atoms with Gasteiger partial charge in [0.1, 0.15) is 11.9 Å². The predicted octanol–water partition coefficient (Wildman–Crippen LogP) is 2.43. The SMILES string of the molecule is CCCc1cc(C)nc(N)c1C#N.O=C(O)C(F)(F)F. The third-order valence-corrected chi connectivity index (χ3v) is 2.13. The topological polar surface area (TPSA) is 100 Å². The summed E-state index contributed by atoms with van der Waals surface area (Å²) < 4.78 is 31.7. The summed E-state index contributed by atoms with van der Waals surface area (Å²) in [4.78, 5) is 12.9. The summed E-state index contributed by atoms with van der Waals surface area (Å²) in [5.74, 6) is -2.40. The molecule has 0 fully saturated rings. The van der Waals surface area contributed by atoms with Crippen LogP contribution in [0.5, 0.6) is 0 Å². The normalized spacial score (nSPS) is 10.2. The molecule has 0 aliphatic rings. The number of hydrogen-bond donors (Lipinski definition) is 2. The Bertz CT molecular complexity index is 522. The summed E-state index contributed by atoms with van der Waals surface area (Å²) in [6.07, 6.45) is -3.19. The zero-order valence-electron chi connectivity index (χ0n) is 11.0. The lowest BCUT2D eigenvalue weighted by atomic mass is 10.0. The minimum atomic E-state index is -5.08. The molecule has 1 aromatic heterocycles. The molecule has 5 nitrogen and oxygen atoms in total. The molecule has 0 saturated carbocycles. The Kier molecular flexibility index (Phi) is 6.49. The van der Waals surface area contributed by atoms with Gasteiger partial charge in [0.15, 0.2) is 0 Å². The average molecular weight is 289 g/mol. The van der Waals surface area contributed by atoms with E-state index in [-0.39, 0.29) is 0 Å². The van der Waals surface area contributed by atoms with Gasteiger partial charge in [0.2, 0.25) is 0 Å². The molecule has 0 amide bonds. The minimum Gasteiger partial charge on any atom is -0.475 e. The molecule has 0 aliphatic carbocycles. The number of aliphatic carboxylic acids is 1. The molecule has 1 heterocycles. The zero-order chi connectivity index (χ0) is 15.9. The number of halogens is 3. The van der Waals surface area contributed by atoms with Gasteiger partial charge in [-0.25, -0.2) is 9.78 Å². The number of nitrogens with two attached hydrogens (primary N) is 1. The van der Waals surface area contributed by atoms with Crippen molar-refractivity contribution < 1.29 is 23.1 Å². The molecule has 0 saturated heterocycles. The van der Waals surface area contributed by atoms with E-state index in [0.29, 0.717) is 11.4 Å². The molecular formula is C12H14F3N3O2. The van der Waals surface area contributed by atoms with E-state index in [1.54, 1.807) is 0 Å². The molecule has 0 bridgehead atoms. The molecule has 0 unspecified atom stereocenters. The number of hydrogen-bond acceptors (Lipinski definition) is 4. The summed E-state index contributed by atoms with van der Waals surface area (Å²) in [5.41, 5.74) is 8.05. The van der Waals surface area contributed by atoms with Crippen molar-refractivity contribution in [3.63, 3.8) is 0 Å². The summed E-state index contributed by atoms with van der Waals surface area (Å²) in [6.45, 7) is 3.96. The maximum absolute atomic E-state index is 10.6. The smallest absolute Gasteiger partial charge is 0.475 e. The molecule has 1 rings (SSSR count). The molecule has 0 atom stereocenters. The average Bonchev–Trinajstić information content (AvgIpc) is 2.28. The van der Waals surface area contributed by atoms with E-state index in [0.717, 1.165) is 24.1 Å². The first-order valence-electron chi connectivity index (χ1n) is 5.59. The van der Waals surface area contributed by atoms with Gasteiger partial charge in [0.05, 0.1) is 5.56 Å². The first-order chi connectivity index (χ1) is 9.13. The van der Waals surface area contributed by atoms with Crippen LogP contribution in [-0.2, 0) is 11.2 Å². The molecule has 0 radical (unpaired) electrons. The number of rotatable bonds is 2. The van der Waals surface area contributed by atoms with Crippen LogP contribution in [0.3, 0.4) is 0 Å². The molecule has 8 heteroatoms. The number of aromatic nitrogens is 1. The fourth-order valence-corrected chi connectivity index (χ4v) is 1.36. The van der Waals surface area contributed by atoms with Crippen molar-refractivity contribution in [3.05, 3.63) is 22.9 Å². The van der Waals surface area contributed by atoms with E-state index < -0.39 is 12.1 Å². The van der Waals surface area contributed by atoms with E-state index in [1.807, 2.05) is 13.0 Å². The lowest BCUT2D eigenvalue weighted by molar-refractivity contribution is -0.192. The van der Waals surface area contributed by atoms with Crippen LogP contribution in [0.4, 0.5) is 19.0 Å². The van der Waals surface area contributed by atoms with Gasteiger partial charge >= 0.3 is 12.1 Å². The van der Waals surface area contributed by atoms with E-state index >= 15 is 0 Å². The van der Waals surface area contributed by atoms with Crippen molar-refractivity contribution in [2.24, 2.45) is 0 Å². The van der Waals surface area contributed by atoms with Crippen LogP contribution in [-0.4, -0.2) is 22.2 Å². The fourth-order valence-electron chi connectivity index (χ4n) is 1.36. The van der Waals surface area contributed by atoms with Gasteiger partial charge in [-0.05, 0) is 25.0 Å². The van der Waals surface area contributed by atoms with E-state index in [1.165, 1.54) is 0 Å². The van der Waals surface area contributed by atoms with Crippen molar-refractivity contribution in [2.75, 3.05) is 5.73 Å². The van der Waals surface area contributed by atoms with Crippen molar-refractivity contribution in [2.45, 2.75) is 32.9 Å². The Morgan fingerprint density at radius 3 is 2.40 bits per heavy atom. The van der Waals surface area contributed by atoms with E-state index in [4.69, 9.17) is 20.9 Å². The van der Waals surface area contributed by atoms with Gasteiger partial charge in [-0.1, -0.05) is 13.3 Å². The number of carboxylic acid groups (broad SMARTS) is 1. The minimum absolute atomic E-state index is 0.353. The first kappa shape index (κ1) is 17.7. The summed E-state index contributed by atoms with van der Waals surface area (Å²) in [5, 5.41) is 16.0. The highest BCUT2D eigenvalue weighted by Crippen LogP contribution is 2.16. The van der Waals surface area contributed by atoms with Crippen LogP contribution in [0.25, 0.3) is 0 Å². The van der Waals surface area contributed by atoms with Crippen LogP contribution in [0.2, 0.25) is 0 Å². The number of pyridine rings is 1. The quantitative estimate of drug-likeness (QED) is 0.870. The number of nitrogen functional groups attached to an aromatic ring is 1. The number of anilines is 1. The van der Waals surface area contributed by atoms with Crippen LogP contribution in [0.1, 0.15) is 30.2 Å². The van der Waals surface area contributed by atoms with Crippen molar-refractivity contribution in [1.29, 1.82) is 5.26 Å². The molecule has 3 N–H and O–H groups in total. The highest BCUT2D eigenvalue weighted by molar-refractivity contribution is 5.73. The summed E-state index contributed by atoms with van der Waals surface area (Å²) in [7, 11) is 0. The van der Waals surface area contributed by atoms with Gasteiger partial charge in [0, 0.05) is 5.69 Å². The second-order valence-corrected chi connectivity index (χ2v) is 3.85. The Labute approximate surface area is 113 Å². The number of nitriles is 1. The van der Waals surface area contributed by atoms with Crippen molar-refractivity contribution in [1.82, 2.24) is 4.98 Å². The lowest BCUT2D eigenvalue weighted by Crippen LogP contribution is -2.21. The maximum Gasteiger partial charge on any atom is 0.490 e. The third-order valence-electron chi connectivity index (χ3n) is 2.13. The summed E-state index contributed by atoms with van der Waals surface area (Å²) >= 11 is 0. The molecule has 110 valence electrons. The Hall–Kier alpha value is -2.30. The number of carboxylic acids is 1. The van der Waals surface area contributed by atoms with Crippen molar-refractivity contribution in [3.8, 4) is 6.07 Å². The van der Waals surface area contributed by atoms with E-state index in [2.05, 4.69) is 18.0 Å². The molecular weight excluding hydrogens is 275 g/mol. The van der Waals surface area contributed by atoms with Gasteiger partial charge in [-0.3, -0.25) is 0 Å². The number of alkyl halides is 3. The molecule has 0 aromatic carbocycles. The second-order valence-electron chi connectivity index (χ2n) is 3.85. The highest BCUT2D eigenvalue weighted by Gasteiger charge is 2.38. The molecule has 0 aliphatic heterocycles. The van der Waals surface area contributed by atoms with Gasteiger partial charge in [-0.2, -0.15) is 18.4 Å². The number of aryl methyl sites for hydroxylation is 2. The zero-order valence-corrected chi connectivity index (χ0v) is 11.0. The Morgan fingerprint density at radius 2 is 2.05 bits per heavy atom. The van der Waals surface area contributed by atoms with Gasteiger partial charge < -0.3 is 10.8 Å². The number of nitrogens with zero attached hydrogens (tertiary/aromatic N) is 2. The lowest BCUT2D eigenvalue weighted by Gasteiger charge is -2.05. The standard InChI is InChI=1S/C10H13N3.C2HF3O2/c1-3-4-8-5-7(2)13-10(12)9(8)6-11;3-2(4,5)1(6)7/h5H,3-4H2,1-2H3,(H2,12,13);(H,6,7). The maximum atomic E-state index is 10.6. The van der Waals surface area contributed by atoms with Crippen LogP contribution in [0.15, 0.2) is 6.07 Å².